The van der Waals surface area contributed by atoms with Crippen LogP contribution in [0.3, 0.4) is 0 Å². The van der Waals surface area contributed by atoms with Gasteiger partial charge in [-0.05, 0) is 66.5 Å². The fraction of sp³-hybridized carbons (Fsp3) is 0.765. The molecule has 24 heavy (non-hydrogen) atoms. The molecule has 5 nitrogen and oxygen atoms in total. The van der Waals surface area contributed by atoms with Crippen LogP contribution in [0, 0.1) is 11.8 Å². The highest BCUT2D eigenvalue weighted by Gasteiger charge is 2.27. The Labute approximate surface area is 159 Å². The number of hydrogen-bond acceptors (Lipinski definition) is 3. The minimum atomic E-state index is 0. The number of rotatable bonds is 4. The van der Waals surface area contributed by atoms with Crippen LogP contribution in [0.1, 0.15) is 45.1 Å². The molecule has 0 bridgehead atoms. The van der Waals surface area contributed by atoms with Crippen molar-refractivity contribution < 1.29 is 4.79 Å². The van der Waals surface area contributed by atoms with E-state index < -0.39 is 0 Å². The highest BCUT2D eigenvalue weighted by atomic mass is 79.9. The first-order valence-corrected chi connectivity index (χ1v) is 9.61. The van der Waals surface area contributed by atoms with Crippen molar-refractivity contribution in [3.8, 4) is 0 Å². The number of likely N-dealkylation sites (tertiary alicyclic amines) is 1. The van der Waals surface area contributed by atoms with Crippen molar-refractivity contribution in [3.05, 3.63) is 16.9 Å². The first kappa shape index (κ1) is 19.7. The Morgan fingerprint density at radius 3 is 2.75 bits per heavy atom. The number of nitrogens with one attached hydrogen (secondary N) is 1. The van der Waals surface area contributed by atoms with Crippen LogP contribution in [-0.4, -0.2) is 46.8 Å². The number of carbonyl (C=O) groups is 1. The monoisotopic (exact) mass is 418 g/mol. The van der Waals surface area contributed by atoms with Gasteiger partial charge in [-0.15, -0.1) is 12.4 Å². The van der Waals surface area contributed by atoms with E-state index in [-0.39, 0.29) is 12.4 Å². The van der Waals surface area contributed by atoms with Gasteiger partial charge in [0.05, 0.1) is 16.7 Å². The maximum absolute atomic E-state index is 12.6. The van der Waals surface area contributed by atoms with Crippen LogP contribution in [0.5, 0.6) is 0 Å². The molecule has 136 valence electrons. The van der Waals surface area contributed by atoms with Crippen molar-refractivity contribution >= 4 is 34.2 Å². The highest BCUT2D eigenvalue weighted by molar-refractivity contribution is 9.10. The number of halogens is 2. The standard InChI is InChI=1S/C17H27BrN4O.ClH/c1-13(14-3-2-6-19-10-14)9-17(23)21-7-4-16(5-8-21)22-12-15(18)11-20-22;/h11-14,16,19H,2-10H2,1H3;1H. The summed E-state index contributed by atoms with van der Waals surface area (Å²) in [4.78, 5) is 14.6. The SMILES string of the molecule is CC(CC(=O)N1CCC(n2cc(Br)cn2)CC1)C1CCCNC1.Cl. The normalized spacial score (nSPS) is 23.6. The van der Waals surface area contributed by atoms with Crippen LogP contribution in [0.2, 0.25) is 0 Å². The molecule has 0 radical (unpaired) electrons. The maximum atomic E-state index is 12.6. The minimum absolute atomic E-state index is 0. The van der Waals surface area contributed by atoms with Crippen molar-refractivity contribution in [3.63, 3.8) is 0 Å². The lowest BCUT2D eigenvalue weighted by Gasteiger charge is -2.34. The lowest BCUT2D eigenvalue weighted by molar-refractivity contribution is -0.133. The van der Waals surface area contributed by atoms with E-state index in [9.17, 15) is 4.79 Å². The van der Waals surface area contributed by atoms with Gasteiger partial charge in [-0.2, -0.15) is 5.10 Å². The molecule has 2 saturated heterocycles. The van der Waals surface area contributed by atoms with E-state index in [0.717, 1.165) is 43.5 Å². The Bertz CT molecular complexity index is 524. The number of amides is 1. The summed E-state index contributed by atoms with van der Waals surface area (Å²) in [6.45, 7) is 6.16. The van der Waals surface area contributed by atoms with E-state index >= 15 is 0 Å². The number of nitrogens with zero attached hydrogens (tertiary/aromatic N) is 3. The van der Waals surface area contributed by atoms with Crippen molar-refractivity contribution in [2.45, 2.75) is 45.1 Å². The van der Waals surface area contributed by atoms with Gasteiger partial charge in [-0.25, -0.2) is 0 Å². The van der Waals surface area contributed by atoms with Gasteiger partial charge >= 0.3 is 0 Å². The molecule has 7 heteroatoms. The Hall–Kier alpha value is -0.590. The summed E-state index contributed by atoms with van der Waals surface area (Å²) in [5, 5.41) is 7.83. The van der Waals surface area contributed by atoms with Gasteiger partial charge in [-0.3, -0.25) is 9.48 Å². The largest absolute Gasteiger partial charge is 0.343 e. The summed E-state index contributed by atoms with van der Waals surface area (Å²) in [5.41, 5.74) is 0. The van der Waals surface area contributed by atoms with Crippen molar-refractivity contribution in [1.29, 1.82) is 0 Å². The van der Waals surface area contributed by atoms with E-state index in [2.05, 4.69) is 38.2 Å². The lowest BCUT2D eigenvalue weighted by Crippen LogP contribution is -2.41. The van der Waals surface area contributed by atoms with Crippen LogP contribution in [0.4, 0.5) is 0 Å². The number of hydrogen-bond donors (Lipinski definition) is 1. The molecule has 2 unspecified atom stereocenters. The zero-order valence-corrected chi connectivity index (χ0v) is 16.7. The van der Waals surface area contributed by atoms with Gasteiger partial charge in [0, 0.05) is 25.7 Å². The third-order valence-corrected chi connectivity index (χ3v) is 5.81. The Kier molecular flexibility index (Phi) is 7.57. The molecular weight excluding hydrogens is 392 g/mol. The molecule has 1 aromatic heterocycles. The summed E-state index contributed by atoms with van der Waals surface area (Å²) in [5.74, 6) is 1.48. The molecule has 0 aromatic carbocycles. The molecule has 1 amide bonds. The number of carbonyl (C=O) groups excluding carboxylic acids is 1. The van der Waals surface area contributed by atoms with Crippen LogP contribution >= 0.6 is 28.3 Å². The molecule has 1 aromatic rings. The van der Waals surface area contributed by atoms with Gasteiger partial charge in [0.15, 0.2) is 0 Å². The molecular formula is C17H28BrClN4O. The summed E-state index contributed by atoms with van der Waals surface area (Å²) < 4.78 is 3.05. The molecule has 1 N–H and O–H groups in total. The van der Waals surface area contributed by atoms with Gasteiger partial charge in [-0.1, -0.05) is 6.92 Å². The fourth-order valence-electron chi connectivity index (χ4n) is 3.83. The zero-order chi connectivity index (χ0) is 16.2. The smallest absolute Gasteiger partial charge is 0.222 e. The third-order valence-electron chi connectivity index (χ3n) is 5.40. The molecule has 0 aliphatic carbocycles. The lowest BCUT2D eigenvalue weighted by atomic mass is 9.85. The van der Waals surface area contributed by atoms with E-state index in [1.54, 1.807) is 0 Å². The van der Waals surface area contributed by atoms with Gasteiger partial charge in [0.25, 0.3) is 0 Å². The predicted octanol–water partition coefficient (Wildman–Crippen LogP) is 3.26. The van der Waals surface area contributed by atoms with Crippen LogP contribution in [0.15, 0.2) is 16.9 Å². The molecule has 2 fully saturated rings. The van der Waals surface area contributed by atoms with Gasteiger partial charge in [0.2, 0.25) is 5.91 Å². The first-order chi connectivity index (χ1) is 11.1. The molecule has 3 rings (SSSR count). The molecule has 3 heterocycles. The number of piperidine rings is 2. The van der Waals surface area contributed by atoms with Crippen molar-refractivity contribution in [2.24, 2.45) is 11.8 Å². The average Bonchev–Trinajstić information content (AvgIpc) is 3.02. The fourth-order valence-corrected chi connectivity index (χ4v) is 4.13. The second-order valence-electron chi connectivity index (χ2n) is 7.04. The summed E-state index contributed by atoms with van der Waals surface area (Å²) >= 11 is 3.45. The third kappa shape index (κ3) is 4.96. The number of aromatic nitrogens is 2. The zero-order valence-electron chi connectivity index (χ0n) is 14.3. The van der Waals surface area contributed by atoms with E-state index in [1.165, 1.54) is 12.8 Å². The van der Waals surface area contributed by atoms with Crippen LogP contribution < -0.4 is 5.32 Å². The quantitative estimate of drug-likeness (QED) is 0.815. The van der Waals surface area contributed by atoms with Crippen LogP contribution in [-0.2, 0) is 4.79 Å². The minimum Gasteiger partial charge on any atom is -0.343 e. The first-order valence-electron chi connectivity index (χ1n) is 8.81. The predicted molar refractivity (Wildman–Crippen MR) is 101 cm³/mol. The van der Waals surface area contributed by atoms with Gasteiger partial charge in [0.1, 0.15) is 0 Å². The van der Waals surface area contributed by atoms with Crippen molar-refractivity contribution in [2.75, 3.05) is 26.2 Å². The van der Waals surface area contributed by atoms with E-state index in [4.69, 9.17) is 0 Å². The maximum Gasteiger partial charge on any atom is 0.222 e. The van der Waals surface area contributed by atoms with E-state index in [1.807, 2.05) is 17.1 Å². The van der Waals surface area contributed by atoms with Crippen molar-refractivity contribution in [1.82, 2.24) is 20.0 Å². The molecule has 2 aliphatic rings. The Morgan fingerprint density at radius 1 is 1.42 bits per heavy atom. The molecule has 2 aliphatic heterocycles. The molecule has 0 spiro atoms. The topological polar surface area (TPSA) is 50.2 Å². The van der Waals surface area contributed by atoms with Gasteiger partial charge < -0.3 is 10.2 Å². The summed E-state index contributed by atoms with van der Waals surface area (Å²) in [6.07, 6.45) is 9.06. The average molecular weight is 420 g/mol. The molecule has 2 atom stereocenters. The Balaban J connectivity index is 0.00000208. The van der Waals surface area contributed by atoms with Crippen LogP contribution in [0.25, 0.3) is 0 Å². The van der Waals surface area contributed by atoms with E-state index in [0.29, 0.717) is 30.2 Å². The summed E-state index contributed by atoms with van der Waals surface area (Å²) in [7, 11) is 0. The second kappa shape index (κ2) is 9.20. The highest BCUT2D eigenvalue weighted by Crippen LogP contribution is 2.26. The Morgan fingerprint density at radius 2 is 2.17 bits per heavy atom. The second-order valence-corrected chi connectivity index (χ2v) is 7.95. The molecule has 0 saturated carbocycles. The summed E-state index contributed by atoms with van der Waals surface area (Å²) in [6, 6.07) is 0.422.